The van der Waals surface area contributed by atoms with Gasteiger partial charge in [-0.25, -0.2) is 18.4 Å². The van der Waals surface area contributed by atoms with Gasteiger partial charge in [0.05, 0.1) is 17.0 Å². The number of allylic oxidation sites excluding steroid dienone is 2. The average molecular weight is 427 g/mol. The van der Waals surface area contributed by atoms with Crippen LogP contribution in [0.25, 0.3) is 5.95 Å². The summed E-state index contributed by atoms with van der Waals surface area (Å²) in [4.78, 5) is 23.1. The molecule has 4 heterocycles. The van der Waals surface area contributed by atoms with Crippen LogP contribution in [0.15, 0.2) is 52.8 Å². The van der Waals surface area contributed by atoms with Gasteiger partial charge in [-0.15, -0.1) is 4.40 Å². The minimum Gasteiger partial charge on any atom is -0.331 e. The topological polar surface area (TPSA) is 122 Å². The smallest absolute Gasteiger partial charge is 0.260 e. The van der Waals surface area contributed by atoms with Gasteiger partial charge in [-0.2, -0.15) is 9.78 Å². The van der Waals surface area contributed by atoms with Gasteiger partial charge in [0, 0.05) is 36.6 Å². The van der Waals surface area contributed by atoms with Crippen LogP contribution in [0.5, 0.6) is 0 Å². The number of nitrogens with one attached hydrogen (secondary N) is 1. The van der Waals surface area contributed by atoms with E-state index in [1.165, 1.54) is 10.8 Å². The van der Waals surface area contributed by atoms with Crippen molar-refractivity contribution in [3.63, 3.8) is 0 Å². The second-order valence-corrected chi connectivity index (χ2v) is 9.65. The maximum absolute atomic E-state index is 13.1. The Labute approximate surface area is 174 Å². The number of hydrogen-bond acceptors (Lipinski definition) is 7. The SMILES string of the molecule is CC(C)(C)c1cc(NC(=O)C2=CC=CN3CCS(=O)(=O)N=C23)n(-c2ncccn2)n1. The first-order chi connectivity index (χ1) is 14.1. The number of fused-ring (bicyclic) bond motifs is 1. The molecule has 10 nitrogen and oxygen atoms in total. The Balaban J connectivity index is 1.71. The van der Waals surface area contributed by atoms with Gasteiger partial charge in [-0.1, -0.05) is 20.8 Å². The Bertz CT molecular complexity index is 1190. The summed E-state index contributed by atoms with van der Waals surface area (Å²) in [7, 11) is -3.60. The lowest BCUT2D eigenvalue weighted by molar-refractivity contribution is -0.112. The molecule has 1 amide bonds. The van der Waals surface area contributed by atoms with Crippen molar-refractivity contribution in [1.29, 1.82) is 0 Å². The molecule has 0 saturated carbocycles. The van der Waals surface area contributed by atoms with Crippen molar-refractivity contribution in [2.24, 2.45) is 4.40 Å². The van der Waals surface area contributed by atoms with Gasteiger partial charge in [0.1, 0.15) is 5.82 Å². The highest BCUT2D eigenvalue weighted by Crippen LogP contribution is 2.26. The highest BCUT2D eigenvalue weighted by molar-refractivity contribution is 7.90. The van der Waals surface area contributed by atoms with Crippen molar-refractivity contribution in [1.82, 2.24) is 24.6 Å². The van der Waals surface area contributed by atoms with Crippen LogP contribution in [0.4, 0.5) is 5.82 Å². The van der Waals surface area contributed by atoms with E-state index < -0.39 is 15.9 Å². The van der Waals surface area contributed by atoms with E-state index >= 15 is 0 Å². The first-order valence-corrected chi connectivity index (χ1v) is 10.9. The standard InChI is InChI=1S/C19H21N7O3S/c1-19(2,3)14-12-15(26(23-14)18-20-7-5-8-21-18)22-17(27)13-6-4-9-25-10-11-30(28,29)24-16(13)25/h4-9,12H,10-11H2,1-3H3,(H,22,27). The molecule has 2 aromatic rings. The summed E-state index contributed by atoms with van der Waals surface area (Å²) in [5, 5.41) is 7.37. The van der Waals surface area contributed by atoms with E-state index in [2.05, 4.69) is 24.8 Å². The number of carbonyl (C=O) groups excluding carboxylic acids is 1. The predicted octanol–water partition coefficient (Wildman–Crippen LogP) is 1.40. The molecule has 156 valence electrons. The third-order valence-corrected chi connectivity index (χ3v) is 5.71. The van der Waals surface area contributed by atoms with E-state index in [0.29, 0.717) is 11.8 Å². The van der Waals surface area contributed by atoms with E-state index in [9.17, 15) is 13.2 Å². The van der Waals surface area contributed by atoms with Gasteiger partial charge >= 0.3 is 0 Å². The third-order valence-electron chi connectivity index (χ3n) is 4.56. The Morgan fingerprint density at radius 1 is 1.20 bits per heavy atom. The zero-order valence-corrected chi connectivity index (χ0v) is 17.6. The number of hydrogen-bond donors (Lipinski definition) is 1. The van der Waals surface area contributed by atoms with Crippen LogP contribution in [-0.2, 0) is 20.2 Å². The molecule has 0 radical (unpaired) electrons. The number of carbonyl (C=O) groups is 1. The van der Waals surface area contributed by atoms with Gasteiger partial charge < -0.3 is 10.2 Å². The molecule has 2 aliphatic rings. The fourth-order valence-electron chi connectivity index (χ4n) is 2.97. The number of rotatable bonds is 3. The van der Waals surface area contributed by atoms with Crippen LogP contribution < -0.4 is 5.32 Å². The Hall–Kier alpha value is -3.34. The lowest BCUT2D eigenvalue weighted by atomic mass is 9.92. The molecule has 30 heavy (non-hydrogen) atoms. The van der Waals surface area contributed by atoms with Crippen molar-refractivity contribution in [2.45, 2.75) is 26.2 Å². The van der Waals surface area contributed by atoms with E-state index in [1.807, 2.05) is 20.8 Å². The quantitative estimate of drug-likeness (QED) is 0.785. The summed E-state index contributed by atoms with van der Waals surface area (Å²) in [6, 6.07) is 3.44. The van der Waals surface area contributed by atoms with Gasteiger partial charge in [0.2, 0.25) is 0 Å². The third kappa shape index (κ3) is 3.88. The van der Waals surface area contributed by atoms with Crippen molar-refractivity contribution >= 4 is 27.6 Å². The van der Waals surface area contributed by atoms with Crippen molar-refractivity contribution in [3.05, 3.63) is 54.1 Å². The predicted molar refractivity (Wildman–Crippen MR) is 112 cm³/mol. The van der Waals surface area contributed by atoms with E-state index in [1.54, 1.807) is 41.7 Å². The van der Waals surface area contributed by atoms with Crippen molar-refractivity contribution in [3.8, 4) is 5.95 Å². The molecular formula is C19H21N7O3S. The molecule has 0 spiro atoms. The molecule has 0 saturated heterocycles. The fourth-order valence-corrected chi connectivity index (χ4v) is 3.95. The van der Waals surface area contributed by atoms with Gasteiger partial charge in [-0.3, -0.25) is 4.79 Å². The summed E-state index contributed by atoms with van der Waals surface area (Å²) >= 11 is 0. The summed E-state index contributed by atoms with van der Waals surface area (Å²) in [6.45, 7) is 6.26. The zero-order valence-electron chi connectivity index (χ0n) is 16.8. The Morgan fingerprint density at radius 2 is 1.93 bits per heavy atom. The molecule has 1 N–H and O–H groups in total. The lowest BCUT2D eigenvalue weighted by Crippen LogP contribution is -2.41. The highest BCUT2D eigenvalue weighted by atomic mass is 32.2. The van der Waals surface area contributed by atoms with Crippen LogP contribution in [0.1, 0.15) is 26.5 Å². The molecule has 0 fully saturated rings. The van der Waals surface area contributed by atoms with E-state index in [-0.39, 0.29) is 29.1 Å². The molecule has 0 unspecified atom stereocenters. The minimum absolute atomic E-state index is 0.0944. The van der Waals surface area contributed by atoms with E-state index in [0.717, 1.165) is 5.69 Å². The number of sulfonamides is 1. The second-order valence-electron chi connectivity index (χ2n) is 7.90. The van der Waals surface area contributed by atoms with Crippen LogP contribution in [-0.4, -0.2) is 57.1 Å². The van der Waals surface area contributed by atoms with Gasteiger partial charge in [0.15, 0.2) is 5.84 Å². The van der Waals surface area contributed by atoms with Crippen LogP contribution >= 0.6 is 0 Å². The number of nitrogens with zero attached hydrogens (tertiary/aromatic N) is 6. The molecule has 0 atom stereocenters. The molecule has 0 bridgehead atoms. The maximum Gasteiger partial charge on any atom is 0.260 e. The highest BCUT2D eigenvalue weighted by Gasteiger charge is 2.31. The average Bonchev–Trinajstić information content (AvgIpc) is 3.11. The van der Waals surface area contributed by atoms with Crippen molar-refractivity contribution < 1.29 is 13.2 Å². The second kappa shape index (κ2) is 7.17. The Morgan fingerprint density at radius 3 is 2.63 bits per heavy atom. The fraction of sp³-hybridized carbons (Fsp3) is 0.316. The Kier molecular flexibility index (Phi) is 4.77. The molecule has 4 rings (SSSR count). The monoisotopic (exact) mass is 427 g/mol. The molecular weight excluding hydrogens is 406 g/mol. The summed E-state index contributed by atoms with van der Waals surface area (Å²) < 4.78 is 29.2. The first kappa shape index (κ1) is 20.0. The van der Waals surface area contributed by atoms with Crippen LogP contribution in [0.2, 0.25) is 0 Å². The molecule has 2 aromatic heterocycles. The summed E-state index contributed by atoms with van der Waals surface area (Å²) in [6.07, 6.45) is 8.09. The largest absolute Gasteiger partial charge is 0.331 e. The summed E-state index contributed by atoms with van der Waals surface area (Å²) in [5.74, 6) is 0.192. The minimum atomic E-state index is -3.60. The molecule has 11 heteroatoms. The summed E-state index contributed by atoms with van der Waals surface area (Å²) in [5.41, 5.74) is 0.617. The van der Waals surface area contributed by atoms with Crippen molar-refractivity contribution in [2.75, 3.05) is 17.6 Å². The van der Waals surface area contributed by atoms with Gasteiger partial charge in [-0.05, 0) is 18.2 Å². The maximum atomic E-state index is 13.1. The normalized spacial score (nSPS) is 17.8. The number of anilines is 1. The number of amides is 1. The lowest BCUT2D eigenvalue weighted by Gasteiger charge is -2.28. The van der Waals surface area contributed by atoms with Crippen LogP contribution in [0, 0.1) is 0 Å². The zero-order chi connectivity index (χ0) is 21.5. The van der Waals surface area contributed by atoms with Gasteiger partial charge in [0.25, 0.3) is 21.9 Å². The molecule has 0 aliphatic carbocycles. The molecule has 0 aromatic carbocycles. The number of aromatic nitrogens is 4. The van der Waals surface area contributed by atoms with Crippen LogP contribution in [0.3, 0.4) is 0 Å². The van der Waals surface area contributed by atoms with E-state index in [4.69, 9.17) is 0 Å². The first-order valence-electron chi connectivity index (χ1n) is 9.31. The number of amidine groups is 1. The molecule has 2 aliphatic heterocycles.